The van der Waals surface area contributed by atoms with Gasteiger partial charge in [0.1, 0.15) is 11.6 Å². The van der Waals surface area contributed by atoms with Crippen LogP contribution in [-0.4, -0.2) is 10.9 Å². The molecule has 1 aromatic carbocycles. The lowest BCUT2D eigenvalue weighted by Crippen LogP contribution is -2.16. The number of rotatable bonds is 5. The van der Waals surface area contributed by atoms with Gasteiger partial charge < -0.3 is 15.1 Å². The molecular weight excluding hydrogens is 347 g/mol. The van der Waals surface area contributed by atoms with Gasteiger partial charge in [-0.25, -0.2) is 4.98 Å². The minimum Gasteiger partial charge on any atom is -0.467 e. The van der Waals surface area contributed by atoms with E-state index in [1.807, 2.05) is 0 Å². The third kappa shape index (κ3) is 4.21. The zero-order chi connectivity index (χ0) is 18.6. The van der Waals surface area contributed by atoms with Gasteiger partial charge in [-0.2, -0.15) is 13.2 Å². The summed E-state index contributed by atoms with van der Waals surface area (Å²) in [5, 5.41) is 5.28. The van der Waals surface area contributed by atoms with Crippen LogP contribution in [0.25, 0.3) is 0 Å². The number of carbonyl (C=O) groups excluding carboxylic acids is 1. The summed E-state index contributed by atoms with van der Waals surface area (Å²) in [6.07, 6.45) is -1.71. The maximum atomic E-state index is 13.0. The average molecular weight is 361 g/mol. The number of nitrogens with one attached hydrogen (secondary N) is 2. The molecule has 0 aliphatic rings. The quantitative estimate of drug-likeness (QED) is 0.699. The van der Waals surface area contributed by atoms with Gasteiger partial charge in [-0.1, -0.05) is 12.1 Å². The molecule has 0 saturated heterocycles. The first-order chi connectivity index (χ1) is 12.4. The van der Waals surface area contributed by atoms with E-state index in [1.54, 1.807) is 24.5 Å². The largest absolute Gasteiger partial charge is 0.467 e. The van der Waals surface area contributed by atoms with Crippen LogP contribution in [0, 0.1) is 0 Å². The summed E-state index contributed by atoms with van der Waals surface area (Å²) in [5.74, 6) is 0.554. The molecule has 5 nitrogen and oxygen atoms in total. The number of alkyl halides is 3. The predicted octanol–water partition coefficient (Wildman–Crippen LogP) is 4.56. The van der Waals surface area contributed by atoms with E-state index in [4.69, 9.17) is 4.42 Å². The van der Waals surface area contributed by atoms with Crippen LogP contribution in [0.1, 0.15) is 21.7 Å². The Balaban J connectivity index is 1.67. The van der Waals surface area contributed by atoms with Crippen molar-refractivity contribution in [2.45, 2.75) is 12.7 Å². The maximum Gasteiger partial charge on any atom is 0.418 e. The van der Waals surface area contributed by atoms with Gasteiger partial charge in [-0.15, -0.1) is 0 Å². The number of hydrogen-bond acceptors (Lipinski definition) is 4. The van der Waals surface area contributed by atoms with Gasteiger partial charge in [0.2, 0.25) is 0 Å². The number of pyridine rings is 1. The lowest BCUT2D eigenvalue weighted by atomic mass is 10.1. The number of furan rings is 1. The van der Waals surface area contributed by atoms with E-state index >= 15 is 0 Å². The molecule has 8 heteroatoms. The smallest absolute Gasteiger partial charge is 0.418 e. The summed E-state index contributed by atoms with van der Waals surface area (Å²) >= 11 is 0. The van der Waals surface area contributed by atoms with Crippen molar-refractivity contribution in [3.05, 3.63) is 77.9 Å². The van der Waals surface area contributed by atoms with E-state index < -0.39 is 17.6 Å². The fraction of sp³-hybridized carbons (Fsp3) is 0.111. The predicted molar refractivity (Wildman–Crippen MR) is 89.7 cm³/mol. The molecule has 26 heavy (non-hydrogen) atoms. The molecule has 0 spiro atoms. The van der Waals surface area contributed by atoms with Gasteiger partial charge in [0.15, 0.2) is 0 Å². The Morgan fingerprint density at radius 1 is 1.08 bits per heavy atom. The number of halogens is 3. The van der Waals surface area contributed by atoms with E-state index in [2.05, 4.69) is 15.6 Å². The minimum absolute atomic E-state index is 0.144. The molecule has 0 fully saturated rings. The summed E-state index contributed by atoms with van der Waals surface area (Å²) in [4.78, 5) is 16.3. The summed E-state index contributed by atoms with van der Waals surface area (Å²) in [6, 6.07) is 11.4. The van der Waals surface area contributed by atoms with Crippen molar-refractivity contribution >= 4 is 17.4 Å². The average Bonchev–Trinajstić information content (AvgIpc) is 3.13. The van der Waals surface area contributed by atoms with Crippen LogP contribution in [0.5, 0.6) is 0 Å². The molecule has 2 N–H and O–H groups in total. The fourth-order valence-corrected chi connectivity index (χ4v) is 2.26. The maximum absolute atomic E-state index is 13.0. The van der Waals surface area contributed by atoms with E-state index in [9.17, 15) is 18.0 Å². The highest BCUT2D eigenvalue weighted by molar-refractivity contribution is 6.04. The SMILES string of the molecule is O=C(Nc1ccccc1C(F)(F)F)c1ccc(NCc2ccco2)nc1. The topological polar surface area (TPSA) is 67.2 Å². The zero-order valence-corrected chi connectivity index (χ0v) is 13.4. The Morgan fingerprint density at radius 3 is 2.54 bits per heavy atom. The van der Waals surface area contributed by atoms with Gasteiger partial charge in [0.05, 0.1) is 29.6 Å². The lowest BCUT2D eigenvalue weighted by Gasteiger charge is -2.13. The van der Waals surface area contributed by atoms with Crippen LogP contribution < -0.4 is 10.6 Å². The lowest BCUT2D eigenvalue weighted by molar-refractivity contribution is -0.136. The first kappa shape index (κ1) is 17.5. The third-order valence-corrected chi connectivity index (χ3v) is 3.53. The fourth-order valence-electron chi connectivity index (χ4n) is 2.26. The van der Waals surface area contributed by atoms with E-state index in [1.165, 1.54) is 30.5 Å². The zero-order valence-electron chi connectivity index (χ0n) is 13.4. The molecule has 3 aromatic rings. The van der Waals surface area contributed by atoms with Crippen molar-refractivity contribution in [3.63, 3.8) is 0 Å². The summed E-state index contributed by atoms with van der Waals surface area (Å²) in [6.45, 7) is 0.421. The first-order valence-electron chi connectivity index (χ1n) is 7.63. The van der Waals surface area contributed by atoms with Crippen molar-refractivity contribution in [3.8, 4) is 0 Å². The minimum atomic E-state index is -4.55. The first-order valence-corrected chi connectivity index (χ1v) is 7.63. The summed E-state index contributed by atoms with van der Waals surface area (Å²) in [7, 11) is 0. The number of benzene rings is 1. The van der Waals surface area contributed by atoms with Crippen molar-refractivity contribution in [2.24, 2.45) is 0 Å². The number of nitrogens with zero attached hydrogens (tertiary/aromatic N) is 1. The molecule has 2 heterocycles. The van der Waals surface area contributed by atoms with Crippen LogP contribution >= 0.6 is 0 Å². The molecule has 0 saturated carbocycles. The number of anilines is 2. The van der Waals surface area contributed by atoms with Crippen molar-refractivity contribution in [1.82, 2.24) is 4.98 Å². The van der Waals surface area contributed by atoms with Gasteiger partial charge >= 0.3 is 6.18 Å². The Hall–Kier alpha value is -3.29. The standard InChI is InChI=1S/C18H14F3N3O2/c19-18(20,21)14-5-1-2-6-15(14)24-17(25)12-7-8-16(22-10-12)23-11-13-4-3-9-26-13/h1-10H,11H2,(H,22,23)(H,24,25). The Labute approximate surface area is 146 Å². The van der Waals surface area contributed by atoms with Gasteiger partial charge in [-0.05, 0) is 36.4 Å². The molecule has 0 aliphatic heterocycles. The second-order valence-corrected chi connectivity index (χ2v) is 5.36. The molecular formula is C18H14F3N3O2. The van der Waals surface area contributed by atoms with Crippen LogP contribution in [0.4, 0.5) is 24.7 Å². The molecule has 134 valence electrons. The van der Waals surface area contributed by atoms with Crippen LogP contribution in [0.2, 0.25) is 0 Å². The normalized spacial score (nSPS) is 11.2. The van der Waals surface area contributed by atoms with Gasteiger partial charge in [0.25, 0.3) is 5.91 Å². The Morgan fingerprint density at radius 2 is 1.88 bits per heavy atom. The number of carbonyl (C=O) groups is 1. The van der Waals surface area contributed by atoms with Gasteiger partial charge in [0, 0.05) is 6.20 Å². The van der Waals surface area contributed by atoms with Crippen molar-refractivity contribution in [1.29, 1.82) is 0 Å². The molecule has 0 radical (unpaired) electrons. The van der Waals surface area contributed by atoms with Crippen LogP contribution in [0.3, 0.4) is 0 Å². The second kappa shape index (κ2) is 7.30. The monoisotopic (exact) mass is 361 g/mol. The highest BCUT2D eigenvalue weighted by atomic mass is 19.4. The number of aromatic nitrogens is 1. The molecule has 0 aliphatic carbocycles. The molecule has 0 atom stereocenters. The van der Waals surface area contributed by atoms with Crippen molar-refractivity contribution < 1.29 is 22.4 Å². The van der Waals surface area contributed by atoms with E-state index in [0.29, 0.717) is 12.4 Å². The van der Waals surface area contributed by atoms with E-state index in [-0.39, 0.29) is 11.3 Å². The highest BCUT2D eigenvalue weighted by Gasteiger charge is 2.33. The number of amides is 1. The van der Waals surface area contributed by atoms with E-state index in [0.717, 1.165) is 11.8 Å². The second-order valence-electron chi connectivity index (χ2n) is 5.36. The molecule has 0 unspecified atom stereocenters. The molecule has 2 aromatic heterocycles. The molecule has 0 bridgehead atoms. The van der Waals surface area contributed by atoms with Crippen LogP contribution in [0.15, 0.2) is 65.4 Å². The molecule has 1 amide bonds. The Bertz CT molecular complexity index is 875. The summed E-state index contributed by atoms with van der Waals surface area (Å²) in [5.41, 5.74) is -1.06. The summed E-state index contributed by atoms with van der Waals surface area (Å²) < 4.78 is 44.1. The number of hydrogen-bond donors (Lipinski definition) is 2. The van der Waals surface area contributed by atoms with Gasteiger partial charge in [-0.3, -0.25) is 4.79 Å². The number of para-hydroxylation sites is 1. The Kier molecular flexibility index (Phi) is 4.92. The molecule has 3 rings (SSSR count). The third-order valence-electron chi connectivity index (χ3n) is 3.53. The van der Waals surface area contributed by atoms with Crippen molar-refractivity contribution in [2.75, 3.05) is 10.6 Å². The highest BCUT2D eigenvalue weighted by Crippen LogP contribution is 2.34. The van der Waals surface area contributed by atoms with Crippen LogP contribution in [-0.2, 0) is 12.7 Å².